The Kier molecular flexibility index (Phi) is 8.81. The van der Waals surface area contributed by atoms with Crippen LogP contribution in [0.3, 0.4) is 0 Å². The molecule has 0 fully saturated rings. The van der Waals surface area contributed by atoms with Crippen LogP contribution in [0.5, 0.6) is 11.5 Å². The highest BCUT2D eigenvalue weighted by molar-refractivity contribution is 7.90. The molecule has 0 saturated carbocycles. The zero-order chi connectivity index (χ0) is 25.6. The molecule has 0 heterocycles. The first-order chi connectivity index (χ1) is 16.6. The number of rotatable bonds is 10. The standard InChI is InChI=1S/C27H30ClNO5S/c1-5-14-34-26-13-9-22(33-4)17-25(26)19-6-12-24(20(16-19)15-18(2)3)27(30)29-35(31,32)23-10-7-21(28)8-11-23/h6-13,16-18H,5,14-15H2,1-4H3,(H,29,30). The third-order valence-corrected chi connectivity index (χ3v) is 6.89. The molecule has 0 atom stereocenters. The number of methoxy groups -OCH3 is 1. The summed E-state index contributed by atoms with van der Waals surface area (Å²) in [5.74, 6) is 0.955. The lowest BCUT2D eigenvalue weighted by Crippen LogP contribution is -2.31. The molecule has 6 nitrogen and oxygen atoms in total. The molecule has 0 radical (unpaired) electrons. The maximum absolute atomic E-state index is 13.1. The molecule has 0 aliphatic rings. The van der Waals surface area contributed by atoms with E-state index in [1.807, 2.05) is 45.0 Å². The summed E-state index contributed by atoms with van der Waals surface area (Å²) in [6, 6.07) is 16.6. The molecule has 1 amide bonds. The molecule has 1 N–H and O–H groups in total. The van der Waals surface area contributed by atoms with E-state index in [4.69, 9.17) is 21.1 Å². The van der Waals surface area contributed by atoms with Gasteiger partial charge in [-0.2, -0.15) is 0 Å². The molecule has 0 aliphatic heterocycles. The van der Waals surface area contributed by atoms with Crippen molar-refractivity contribution in [3.05, 3.63) is 76.8 Å². The van der Waals surface area contributed by atoms with Crippen molar-refractivity contribution in [1.29, 1.82) is 0 Å². The van der Waals surface area contributed by atoms with Gasteiger partial charge in [0, 0.05) is 16.1 Å². The Morgan fingerprint density at radius 2 is 1.74 bits per heavy atom. The molecule has 186 valence electrons. The summed E-state index contributed by atoms with van der Waals surface area (Å²) in [5.41, 5.74) is 2.73. The molecule has 0 bridgehead atoms. The minimum Gasteiger partial charge on any atom is -0.497 e. The van der Waals surface area contributed by atoms with Crippen molar-refractivity contribution in [2.75, 3.05) is 13.7 Å². The molecule has 0 saturated heterocycles. The van der Waals surface area contributed by atoms with Crippen LogP contribution in [0.25, 0.3) is 11.1 Å². The van der Waals surface area contributed by atoms with Gasteiger partial charge in [0.15, 0.2) is 0 Å². The number of hydrogen-bond donors (Lipinski definition) is 1. The summed E-state index contributed by atoms with van der Waals surface area (Å²) < 4.78 is 39.0. The van der Waals surface area contributed by atoms with Gasteiger partial charge in [-0.15, -0.1) is 0 Å². The summed E-state index contributed by atoms with van der Waals surface area (Å²) in [7, 11) is -2.45. The van der Waals surface area contributed by atoms with Gasteiger partial charge < -0.3 is 9.47 Å². The molecule has 3 aromatic rings. The zero-order valence-electron chi connectivity index (χ0n) is 20.3. The molecule has 3 rings (SSSR count). The van der Waals surface area contributed by atoms with E-state index in [0.717, 1.165) is 23.1 Å². The van der Waals surface area contributed by atoms with Crippen LogP contribution in [0.4, 0.5) is 0 Å². The number of benzene rings is 3. The highest BCUT2D eigenvalue weighted by Gasteiger charge is 2.22. The van der Waals surface area contributed by atoms with Crippen LogP contribution in [-0.4, -0.2) is 28.0 Å². The highest BCUT2D eigenvalue weighted by atomic mass is 35.5. The molecule has 0 aromatic heterocycles. The fourth-order valence-corrected chi connectivity index (χ4v) is 4.73. The van der Waals surface area contributed by atoms with E-state index in [9.17, 15) is 13.2 Å². The Labute approximate surface area is 212 Å². The second kappa shape index (κ2) is 11.6. The van der Waals surface area contributed by atoms with Crippen molar-refractivity contribution in [2.45, 2.75) is 38.5 Å². The Morgan fingerprint density at radius 1 is 1.03 bits per heavy atom. The summed E-state index contributed by atoms with van der Waals surface area (Å²) in [6.07, 6.45) is 1.46. The van der Waals surface area contributed by atoms with Crippen LogP contribution >= 0.6 is 11.6 Å². The largest absolute Gasteiger partial charge is 0.497 e. The zero-order valence-corrected chi connectivity index (χ0v) is 21.9. The first kappa shape index (κ1) is 26.6. The number of ether oxygens (including phenoxy) is 2. The van der Waals surface area contributed by atoms with Crippen LogP contribution < -0.4 is 14.2 Å². The summed E-state index contributed by atoms with van der Waals surface area (Å²) in [6.45, 7) is 6.69. The van der Waals surface area contributed by atoms with Gasteiger partial charge in [-0.1, -0.05) is 44.5 Å². The fourth-order valence-electron chi connectivity index (χ4n) is 3.64. The van der Waals surface area contributed by atoms with Gasteiger partial charge >= 0.3 is 0 Å². The van der Waals surface area contributed by atoms with E-state index < -0.39 is 15.9 Å². The quantitative estimate of drug-likeness (QED) is 0.351. The maximum atomic E-state index is 13.1. The minimum atomic E-state index is -4.05. The normalized spacial score (nSPS) is 11.4. The molecule has 8 heteroatoms. The summed E-state index contributed by atoms with van der Waals surface area (Å²) >= 11 is 5.86. The van der Waals surface area contributed by atoms with E-state index in [1.54, 1.807) is 19.2 Å². The van der Waals surface area contributed by atoms with E-state index in [1.165, 1.54) is 24.3 Å². The third kappa shape index (κ3) is 6.77. The number of sulfonamides is 1. The number of amides is 1. The molecule has 3 aromatic carbocycles. The molecule has 0 unspecified atom stereocenters. The predicted octanol–water partition coefficient (Wildman–Crippen LogP) is 6.12. The predicted molar refractivity (Wildman–Crippen MR) is 139 cm³/mol. The van der Waals surface area contributed by atoms with Crippen molar-refractivity contribution in [3.8, 4) is 22.6 Å². The first-order valence-corrected chi connectivity index (χ1v) is 13.3. The van der Waals surface area contributed by atoms with Crippen molar-refractivity contribution in [2.24, 2.45) is 5.92 Å². The first-order valence-electron chi connectivity index (χ1n) is 11.4. The van der Waals surface area contributed by atoms with Gasteiger partial charge in [0.25, 0.3) is 15.9 Å². The topological polar surface area (TPSA) is 81.7 Å². The fraction of sp³-hybridized carbons (Fsp3) is 0.296. The number of nitrogens with one attached hydrogen (secondary N) is 1. The average Bonchev–Trinajstić information content (AvgIpc) is 2.82. The van der Waals surface area contributed by atoms with Gasteiger partial charge in [0.1, 0.15) is 11.5 Å². The van der Waals surface area contributed by atoms with Crippen molar-refractivity contribution < 1.29 is 22.7 Å². The maximum Gasteiger partial charge on any atom is 0.265 e. The SMILES string of the molecule is CCCOc1ccc(OC)cc1-c1ccc(C(=O)NS(=O)(=O)c2ccc(Cl)cc2)c(CC(C)C)c1. The average molecular weight is 516 g/mol. The van der Waals surface area contributed by atoms with E-state index in [0.29, 0.717) is 35.1 Å². The second-order valence-electron chi connectivity index (χ2n) is 8.57. The Morgan fingerprint density at radius 3 is 2.37 bits per heavy atom. The van der Waals surface area contributed by atoms with E-state index in [2.05, 4.69) is 4.72 Å². The van der Waals surface area contributed by atoms with Gasteiger partial charge in [-0.3, -0.25) is 4.79 Å². The van der Waals surface area contributed by atoms with Crippen molar-refractivity contribution in [1.82, 2.24) is 4.72 Å². The number of carbonyl (C=O) groups is 1. The van der Waals surface area contributed by atoms with Crippen molar-refractivity contribution in [3.63, 3.8) is 0 Å². The molecule has 0 aliphatic carbocycles. The lowest BCUT2D eigenvalue weighted by molar-refractivity contribution is 0.0980. The Hall–Kier alpha value is -3.03. The van der Waals surface area contributed by atoms with Crippen molar-refractivity contribution >= 4 is 27.5 Å². The molecule has 35 heavy (non-hydrogen) atoms. The Balaban J connectivity index is 2.01. The number of carbonyl (C=O) groups excluding carboxylic acids is 1. The van der Waals surface area contributed by atoms with Crippen LogP contribution in [0.1, 0.15) is 43.1 Å². The van der Waals surface area contributed by atoms with E-state index >= 15 is 0 Å². The second-order valence-corrected chi connectivity index (χ2v) is 10.7. The summed E-state index contributed by atoms with van der Waals surface area (Å²) in [5, 5.41) is 0.407. The Bertz CT molecular complexity index is 1290. The highest BCUT2D eigenvalue weighted by Crippen LogP contribution is 2.35. The third-order valence-electron chi connectivity index (χ3n) is 5.29. The lowest BCUT2D eigenvalue weighted by atomic mass is 9.93. The van der Waals surface area contributed by atoms with Crippen LogP contribution in [0, 0.1) is 5.92 Å². The smallest absolute Gasteiger partial charge is 0.265 e. The summed E-state index contributed by atoms with van der Waals surface area (Å²) in [4.78, 5) is 13.1. The minimum absolute atomic E-state index is 0.0358. The lowest BCUT2D eigenvalue weighted by Gasteiger charge is -2.17. The van der Waals surface area contributed by atoms with Crippen LogP contribution in [-0.2, 0) is 16.4 Å². The van der Waals surface area contributed by atoms with Gasteiger partial charge in [-0.25, -0.2) is 13.1 Å². The molecule has 0 spiro atoms. The van der Waals surface area contributed by atoms with Crippen LogP contribution in [0.15, 0.2) is 65.6 Å². The van der Waals surface area contributed by atoms with Crippen LogP contribution in [0.2, 0.25) is 5.02 Å². The number of halogens is 1. The molecular formula is C27H30ClNO5S. The molecular weight excluding hydrogens is 486 g/mol. The monoisotopic (exact) mass is 515 g/mol. The number of hydrogen-bond acceptors (Lipinski definition) is 5. The van der Waals surface area contributed by atoms with Gasteiger partial charge in [0.05, 0.1) is 18.6 Å². The van der Waals surface area contributed by atoms with Gasteiger partial charge in [0.2, 0.25) is 0 Å². The van der Waals surface area contributed by atoms with E-state index in [-0.39, 0.29) is 10.8 Å². The van der Waals surface area contributed by atoms with Gasteiger partial charge in [-0.05, 0) is 78.4 Å².